The quantitative estimate of drug-likeness (QED) is 0.694. The lowest BCUT2D eigenvalue weighted by Crippen LogP contribution is -2.70. The minimum absolute atomic E-state index is 0.0109. The number of fused-ring (bicyclic) bond motifs is 7. The first-order valence-electron chi connectivity index (χ1n) is 11.2. The second kappa shape index (κ2) is 6.13. The summed E-state index contributed by atoms with van der Waals surface area (Å²) in [7, 11) is 0. The molecule has 1 heterocycles. The van der Waals surface area contributed by atoms with Gasteiger partial charge in [0.2, 0.25) is 0 Å². The van der Waals surface area contributed by atoms with Crippen LogP contribution in [0.5, 0.6) is 0 Å². The largest absolute Gasteiger partial charge is 0.390 e. The Bertz CT molecular complexity index is 925. The minimum Gasteiger partial charge on any atom is -0.390 e. The standard InChI is InChI=1S/C24H31FO6/c1-20(2)30-19-10-16-15-6-5-13-9-14(27)7-8-21(13,3)23(15,25)17(28)11-22(16,4)24(19,31-20)18(29)12-26/h7-9,15-17,19,26,28H,5-6,10-12H2,1-4H3/t15-,16-,17+,19-,21+,22+,23-,24+/m1/s1. The van der Waals surface area contributed by atoms with Gasteiger partial charge in [0.1, 0.15) is 6.61 Å². The third kappa shape index (κ3) is 2.31. The number of alkyl halides is 1. The summed E-state index contributed by atoms with van der Waals surface area (Å²) in [5.41, 5.74) is -4.66. The lowest BCUT2D eigenvalue weighted by Gasteiger charge is -2.62. The fraction of sp³-hybridized carbons (Fsp3) is 0.750. The van der Waals surface area contributed by atoms with Crippen LogP contribution in [0.15, 0.2) is 23.8 Å². The number of ketones is 2. The molecule has 31 heavy (non-hydrogen) atoms. The number of Topliss-reactive ketones (excluding diaryl/α,β-unsaturated/α-hetero) is 1. The van der Waals surface area contributed by atoms with Gasteiger partial charge in [0.15, 0.2) is 28.6 Å². The van der Waals surface area contributed by atoms with Crippen molar-refractivity contribution in [1.82, 2.24) is 0 Å². The Morgan fingerprint density at radius 1 is 1.26 bits per heavy atom. The number of halogens is 1. The van der Waals surface area contributed by atoms with Crippen LogP contribution in [0.1, 0.15) is 53.4 Å². The molecule has 0 aromatic heterocycles. The van der Waals surface area contributed by atoms with Crippen molar-refractivity contribution in [3.05, 3.63) is 23.8 Å². The second-order valence-electron chi connectivity index (χ2n) is 10.9. The fourth-order valence-electron chi connectivity index (χ4n) is 7.93. The fourth-order valence-corrected chi connectivity index (χ4v) is 7.93. The molecule has 8 atom stereocenters. The molecule has 2 N–H and O–H groups in total. The van der Waals surface area contributed by atoms with Crippen LogP contribution in [0, 0.1) is 22.7 Å². The Morgan fingerprint density at radius 2 is 1.97 bits per heavy atom. The molecular weight excluding hydrogens is 403 g/mol. The summed E-state index contributed by atoms with van der Waals surface area (Å²) in [5.74, 6) is -2.46. The molecule has 4 fully saturated rings. The van der Waals surface area contributed by atoms with Crippen LogP contribution < -0.4 is 0 Å². The summed E-state index contributed by atoms with van der Waals surface area (Å²) in [6.07, 6.45) is 4.00. The summed E-state index contributed by atoms with van der Waals surface area (Å²) in [6.45, 7) is 6.41. The van der Waals surface area contributed by atoms with Gasteiger partial charge in [0, 0.05) is 16.7 Å². The zero-order valence-corrected chi connectivity index (χ0v) is 18.5. The van der Waals surface area contributed by atoms with Crippen LogP contribution >= 0.6 is 0 Å². The number of carbonyl (C=O) groups is 2. The van der Waals surface area contributed by atoms with E-state index in [2.05, 4.69) is 0 Å². The number of rotatable bonds is 2. The smallest absolute Gasteiger partial charge is 0.193 e. The summed E-state index contributed by atoms with van der Waals surface area (Å²) in [6, 6.07) is 0. The van der Waals surface area contributed by atoms with Gasteiger partial charge < -0.3 is 19.7 Å². The predicted octanol–water partition coefficient (Wildman–Crippen LogP) is 2.42. The van der Waals surface area contributed by atoms with E-state index in [-0.39, 0.29) is 18.1 Å². The Labute approximate surface area is 181 Å². The molecule has 0 aromatic carbocycles. The average Bonchev–Trinajstić information content (AvgIpc) is 3.09. The summed E-state index contributed by atoms with van der Waals surface area (Å²) >= 11 is 0. The molecule has 0 amide bonds. The molecule has 6 nitrogen and oxygen atoms in total. The highest BCUT2D eigenvalue weighted by atomic mass is 19.1. The highest BCUT2D eigenvalue weighted by molar-refractivity contribution is 6.01. The van der Waals surface area contributed by atoms with Crippen molar-refractivity contribution in [3.8, 4) is 0 Å². The molecule has 0 bridgehead atoms. The number of ether oxygens (including phenoxy) is 2. The zero-order chi connectivity index (χ0) is 22.6. The molecule has 0 unspecified atom stereocenters. The Hall–Kier alpha value is -1.41. The van der Waals surface area contributed by atoms with Gasteiger partial charge in [0.25, 0.3) is 0 Å². The number of aliphatic hydroxyl groups is 2. The topological polar surface area (TPSA) is 93.1 Å². The number of hydrogen-bond donors (Lipinski definition) is 2. The van der Waals surface area contributed by atoms with Gasteiger partial charge in [-0.05, 0) is 64.5 Å². The van der Waals surface area contributed by atoms with Crippen molar-refractivity contribution in [2.75, 3.05) is 6.61 Å². The van der Waals surface area contributed by atoms with Crippen molar-refractivity contribution >= 4 is 11.6 Å². The molecule has 1 saturated heterocycles. The maximum Gasteiger partial charge on any atom is 0.193 e. The monoisotopic (exact) mass is 434 g/mol. The van der Waals surface area contributed by atoms with Crippen molar-refractivity contribution < 1.29 is 33.7 Å². The summed E-state index contributed by atoms with van der Waals surface area (Å²) in [4.78, 5) is 25.1. The predicted molar refractivity (Wildman–Crippen MR) is 109 cm³/mol. The van der Waals surface area contributed by atoms with Gasteiger partial charge in [-0.1, -0.05) is 18.6 Å². The van der Waals surface area contributed by atoms with E-state index in [0.29, 0.717) is 19.3 Å². The van der Waals surface area contributed by atoms with Gasteiger partial charge >= 0.3 is 0 Å². The van der Waals surface area contributed by atoms with Crippen LogP contribution in [0.25, 0.3) is 0 Å². The third-order valence-corrected chi connectivity index (χ3v) is 9.19. The first-order valence-corrected chi connectivity index (χ1v) is 11.2. The lowest BCUT2D eigenvalue weighted by atomic mass is 9.44. The molecule has 7 heteroatoms. The van der Waals surface area contributed by atoms with Crippen LogP contribution in [0.2, 0.25) is 0 Å². The van der Waals surface area contributed by atoms with E-state index in [4.69, 9.17) is 9.47 Å². The number of hydrogen-bond acceptors (Lipinski definition) is 6. The van der Waals surface area contributed by atoms with E-state index in [9.17, 15) is 19.8 Å². The van der Waals surface area contributed by atoms with E-state index in [1.54, 1.807) is 26.8 Å². The molecule has 5 rings (SSSR count). The van der Waals surface area contributed by atoms with Crippen molar-refractivity contribution in [2.45, 2.75) is 82.6 Å². The number of carbonyl (C=O) groups excluding carboxylic acids is 2. The SMILES string of the molecule is CC1(C)O[C@@H]2C[C@@H]3[C@H]4CCC5=CC(=O)C=C[C@]5(C)[C@]4(F)[C@@H](O)C[C@]3(C)[C@@]2(C(=O)CO)O1. The van der Waals surface area contributed by atoms with Crippen LogP contribution in [0.4, 0.5) is 4.39 Å². The molecule has 0 radical (unpaired) electrons. The Morgan fingerprint density at radius 3 is 2.65 bits per heavy atom. The lowest BCUT2D eigenvalue weighted by molar-refractivity contribution is -0.246. The number of aliphatic hydroxyl groups excluding tert-OH is 2. The average molecular weight is 435 g/mol. The first kappa shape index (κ1) is 21.4. The van der Waals surface area contributed by atoms with Gasteiger partial charge in [-0.2, -0.15) is 0 Å². The van der Waals surface area contributed by atoms with E-state index in [1.807, 2.05) is 6.92 Å². The second-order valence-corrected chi connectivity index (χ2v) is 10.9. The zero-order valence-electron chi connectivity index (χ0n) is 18.5. The number of allylic oxidation sites excluding steroid dienone is 4. The molecule has 4 aliphatic carbocycles. The molecule has 3 saturated carbocycles. The maximum atomic E-state index is 17.1. The molecule has 0 spiro atoms. The van der Waals surface area contributed by atoms with Gasteiger partial charge in [-0.15, -0.1) is 0 Å². The van der Waals surface area contributed by atoms with E-state index < -0.39 is 58.4 Å². The first-order chi connectivity index (χ1) is 14.4. The molecule has 1 aliphatic heterocycles. The van der Waals surface area contributed by atoms with Gasteiger partial charge in [-0.25, -0.2) is 4.39 Å². The third-order valence-electron chi connectivity index (χ3n) is 9.19. The molecular formula is C24H31FO6. The van der Waals surface area contributed by atoms with E-state index >= 15 is 4.39 Å². The molecule has 0 aromatic rings. The van der Waals surface area contributed by atoms with Crippen molar-refractivity contribution in [3.63, 3.8) is 0 Å². The van der Waals surface area contributed by atoms with Gasteiger partial charge in [0.05, 0.1) is 12.2 Å². The van der Waals surface area contributed by atoms with Crippen LogP contribution in [0.3, 0.4) is 0 Å². The maximum absolute atomic E-state index is 17.1. The summed E-state index contributed by atoms with van der Waals surface area (Å²) < 4.78 is 29.5. The Kier molecular flexibility index (Phi) is 4.24. The van der Waals surface area contributed by atoms with Crippen molar-refractivity contribution in [2.24, 2.45) is 22.7 Å². The van der Waals surface area contributed by atoms with Gasteiger partial charge in [-0.3, -0.25) is 9.59 Å². The van der Waals surface area contributed by atoms with Crippen molar-refractivity contribution in [1.29, 1.82) is 0 Å². The Balaban J connectivity index is 1.64. The van der Waals surface area contributed by atoms with Crippen LogP contribution in [-0.4, -0.2) is 57.7 Å². The van der Waals surface area contributed by atoms with Crippen LogP contribution in [-0.2, 0) is 19.1 Å². The summed E-state index contributed by atoms with van der Waals surface area (Å²) in [5, 5.41) is 21.2. The highest BCUT2D eigenvalue weighted by Crippen LogP contribution is 2.72. The normalized spacial score (nSPS) is 52.1. The minimum atomic E-state index is -1.98. The molecule has 5 aliphatic rings. The highest BCUT2D eigenvalue weighted by Gasteiger charge is 2.79. The van der Waals surface area contributed by atoms with E-state index in [1.165, 1.54) is 12.2 Å². The van der Waals surface area contributed by atoms with E-state index in [0.717, 1.165) is 5.57 Å². The molecule has 170 valence electrons.